The minimum Gasteiger partial charge on any atom is -0.362 e. The first-order valence-electron chi connectivity index (χ1n) is 6.34. The lowest BCUT2D eigenvalue weighted by Crippen LogP contribution is -2.24. The second-order valence-corrected chi connectivity index (χ2v) is 5.74. The highest BCUT2D eigenvalue weighted by atomic mass is 79.9. The quantitative estimate of drug-likeness (QED) is 0.899. The van der Waals surface area contributed by atoms with Gasteiger partial charge < -0.3 is 14.7 Å². The van der Waals surface area contributed by atoms with Gasteiger partial charge in [0.05, 0.1) is 5.56 Å². The molecule has 1 N–H and O–H groups in total. The van der Waals surface area contributed by atoms with E-state index >= 15 is 0 Å². The maximum atomic E-state index is 5.37. The zero-order chi connectivity index (χ0) is 14.7. The molecule has 0 spiro atoms. The molecule has 0 bridgehead atoms. The van der Waals surface area contributed by atoms with Crippen LogP contribution < -0.4 is 10.2 Å². The van der Waals surface area contributed by atoms with Gasteiger partial charge in [0.1, 0.15) is 5.82 Å². The molecular weight excluding hydrogens is 322 g/mol. The smallest absolute Gasteiger partial charge is 0.261 e. The van der Waals surface area contributed by atoms with Crippen LogP contribution in [0, 0.1) is 0 Å². The third kappa shape index (κ3) is 3.34. The maximum absolute atomic E-state index is 5.37. The van der Waals surface area contributed by atoms with Gasteiger partial charge in [0, 0.05) is 37.2 Å². The van der Waals surface area contributed by atoms with Crippen LogP contribution in [-0.2, 0) is 6.42 Å². The summed E-state index contributed by atoms with van der Waals surface area (Å²) in [7, 11) is 5.77. The van der Waals surface area contributed by atoms with Crippen molar-refractivity contribution in [3.63, 3.8) is 0 Å². The number of anilines is 1. The fourth-order valence-corrected chi connectivity index (χ4v) is 2.10. The topological polar surface area (TPSA) is 67.1 Å². The molecular formula is C13H18BrN5O. The van der Waals surface area contributed by atoms with Crippen molar-refractivity contribution < 1.29 is 4.52 Å². The van der Waals surface area contributed by atoms with Crippen molar-refractivity contribution in [3.05, 3.63) is 22.6 Å². The maximum Gasteiger partial charge on any atom is 0.261 e. The fourth-order valence-electron chi connectivity index (χ4n) is 1.77. The Labute approximate surface area is 126 Å². The number of nitrogens with one attached hydrogen (secondary N) is 1. The Morgan fingerprint density at radius 1 is 1.45 bits per heavy atom. The lowest BCUT2D eigenvalue weighted by atomic mass is 10.2. The molecule has 7 heteroatoms. The minimum atomic E-state index is 0.300. The molecule has 0 aromatic carbocycles. The second-order valence-electron chi connectivity index (χ2n) is 4.83. The number of likely N-dealkylation sites (N-methyl/N-ethyl adjacent to an activating group) is 1. The van der Waals surface area contributed by atoms with Crippen molar-refractivity contribution >= 4 is 21.7 Å². The molecule has 2 rings (SSSR count). The number of nitrogens with zero attached hydrogens (tertiary/aromatic N) is 4. The summed E-state index contributed by atoms with van der Waals surface area (Å²) in [5.74, 6) is 1.97. The van der Waals surface area contributed by atoms with Crippen molar-refractivity contribution in [2.75, 3.05) is 26.0 Å². The van der Waals surface area contributed by atoms with E-state index in [1.165, 1.54) is 0 Å². The first kappa shape index (κ1) is 14.9. The minimum absolute atomic E-state index is 0.300. The normalized spacial score (nSPS) is 12.4. The Balaban J connectivity index is 2.34. The molecule has 2 heterocycles. The highest BCUT2D eigenvalue weighted by Gasteiger charge is 2.17. The van der Waals surface area contributed by atoms with Crippen LogP contribution >= 0.6 is 15.9 Å². The predicted molar refractivity (Wildman–Crippen MR) is 81.8 cm³/mol. The van der Waals surface area contributed by atoms with E-state index < -0.39 is 0 Å². The fraction of sp³-hybridized carbons (Fsp3) is 0.462. The van der Waals surface area contributed by atoms with Crippen molar-refractivity contribution in [1.29, 1.82) is 0 Å². The molecule has 0 saturated heterocycles. The lowest BCUT2D eigenvalue weighted by molar-refractivity contribution is 0.418. The van der Waals surface area contributed by atoms with Gasteiger partial charge in [0.15, 0.2) is 5.82 Å². The lowest BCUT2D eigenvalue weighted by Gasteiger charge is -2.13. The van der Waals surface area contributed by atoms with Gasteiger partial charge in [0.2, 0.25) is 0 Å². The average Bonchev–Trinajstić information content (AvgIpc) is 2.86. The van der Waals surface area contributed by atoms with Crippen LogP contribution in [0.2, 0.25) is 0 Å². The summed E-state index contributed by atoms with van der Waals surface area (Å²) in [5, 5.41) is 7.17. The molecule has 1 atom stereocenters. The highest BCUT2D eigenvalue weighted by Crippen LogP contribution is 2.29. The molecule has 0 fully saturated rings. The van der Waals surface area contributed by atoms with E-state index in [-0.39, 0.29) is 0 Å². The number of hydrogen-bond acceptors (Lipinski definition) is 6. The summed E-state index contributed by atoms with van der Waals surface area (Å²) in [5.41, 5.74) is 0.820. The van der Waals surface area contributed by atoms with E-state index in [1.54, 1.807) is 6.20 Å². The highest BCUT2D eigenvalue weighted by molar-refractivity contribution is 9.10. The van der Waals surface area contributed by atoms with Gasteiger partial charge in [-0.2, -0.15) is 4.98 Å². The average molecular weight is 340 g/mol. The van der Waals surface area contributed by atoms with Gasteiger partial charge in [-0.1, -0.05) is 5.16 Å². The Morgan fingerprint density at radius 2 is 2.20 bits per heavy atom. The summed E-state index contributed by atoms with van der Waals surface area (Å²) in [6.07, 6.45) is 2.47. The van der Waals surface area contributed by atoms with Gasteiger partial charge >= 0.3 is 0 Å². The van der Waals surface area contributed by atoms with Crippen molar-refractivity contribution in [2.45, 2.75) is 19.4 Å². The van der Waals surface area contributed by atoms with Crippen molar-refractivity contribution in [1.82, 2.24) is 20.4 Å². The molecule has 0 aliphatic rings. The summed E-state index contributed by atoms with van der Waals surface area (Å²) in [6.45, 7) is 2.07. The third-order valence-corrected chi connectivity index (χ3v) is 3.37. The largest absolute Gasteiger partial charge is 0.362 e. The monoisotopic (exact) mass is 339 g/mol. The van der Waals surface area contributed by atoms with E-state index in [1.807, 2.05) is 32.1 Å². The zero-order valence-electron chi connectivity index (χ0n) is 12.0. The summed E-state index contributed by atoms with van der Waals surface area (Å²) in [6, 6.07) is 2.23. The van der Waals surface area contributed by atoms with Gasteiger partial charge in [-0.3, -0.25) is 0 Å². The van der Waals surface area contributed by atoms with E-state index in [2.05, 4.69) is 43.3 Å². The molecule has 0 aliphatic carbocycles. The summed E-state index contributed by atoms with van der Waals surface area (Å²) >= 11 is 3.42. The van der Waals surface area contributed by atoms with Crippen LogP contribution in [0.4, 0.5) is 5.82 Å². The van der Waals surface area contributed by atoms with Crippen molar-refractivity contribution in [3.8, 4) is 11.5 Å². The van der Waals surface area contributed by atoms with E-state index in [4.69, 9.17) is 4.52 Å². The summed E-state index contributed by atoms with van der Waals surface area (Å²) in [4.78, 5) is 10.7. The standard InChI is InChI=1S/C13H18BrN5O/c1-8(15-2)5-11-17-13(20-18-11)10-6-9(14)7-16-12(10)19(3)4/h6-8,15H,5H2,1-4H3. The van der Waals surface area contributed by atoms with Crippen LogP contribution in [0.25, 0.3) is 11.5 Å². The van der Waals surface area contributed by atoms with Crippen LogP contribution in [-0.4, -0.2) is 42.3 Å². The Hall–Kier alpha value is -1.47. The molecule has 20 heavy (non-hydrogen) atoms. The number of halogens is 1. The molecule has 0 saturated carbocycles. The Bertz CT molecular complexity index is 584. The molecule has 0 amide bonds. The Morgan fingerprint density at radius 3 is 2.85 bits per heavy atom. The number of hydrogen-bond donors (Lipinski definition) is 1. The zero-order valence-corrected chi connectivity index (χ0v) is 13.6. The van der Waals surface area contributed by atoms with Crippen LogP contribution in [0.3, 0.4) is 0 Å². The molecule has 2 aromatic rings. The molecule has 0 radical (unpaired) electrons. The second kappa shape index (κ2) is 6.32. The first-order chi connectivity index (χ1) is 9.51. The molecule has 1 unspecified atom stereocenters. The molecule has 6 nitrogen and oxygen atoms in total. The Kier molecular flexibility index (Phi) is 4.72. The van der Waals surface area contributed by atoms with Gasteiger partial charge in [-0.05, 0) is 36.0 Å². The first-order valence-corrected chi connectivity index (χ1v) is 7.13. The molecule has 2 aromatic heterocycles. The van der Waals surface area contributed by atoms with Gasteiger partial charge in [0.25, 0.3) is 5.89 Å². The number of aromatic nitrogens is 3. The van der Waals surface area contributed by atoms with Gasteiger partial charge in [-0.25, -0.2) is 4.98 Å². The number of pyridine rings is 1. The van der Waals surface area contributed by atoms with Crippen LogP contribution in [0.15, 0.2) is 21.3 Å². The van der Waals surface area contributed by atoms with Crippen LogP contribution in [0.5, 0.6) is 0 Å². The molecule has 108 valence electrons. The predicted octanol–water partition coefficient (Wildman–Crippen LogP) is 2.11. The summed E-state index contributed by atoms with van der Waals surface area (Å²) < 4.78 is 6.24. The van der Waals surface area contributed by atoms with Gasteiger partial charge in [-0.15, -0.1) is 0 Å². The van der Waals surface area contributed by atoms with E-state index in [9.17, 15) is 0 Å². The SMILES string of the molecule is CNC(C)Cc1noc(-c2cc(Br)cnc2N(C)C)n1. The third-order valence-electron chi connectivity index (χ3n) is 2.94. The molecule has 0 aliphatic heterocycles. The number of rotatable bonds is 5. The van der Waals surface area contributed by atoms with E-state index in [0.717, 1.165) is 22.3 Å². The van der Waals surface area contributed by atoms with Crippen LogP contribution in [0.1, 0.15) is 12.7 Å². The van der Waals surface area contributed by atoms with E-state index in [0.29, 0.717) is 17.8 Å². The van der Waals surface area contributed by atoms with Crippen molar-refractivity contribution in [2.24, 2.45) is 0 Å².